The van der Waals surface area contributed by atoms with Crippen molar-refractivity contribution in [3.05, 3.63) is 42.5 Å². The van der Waals surface area contributed by atoms with Gasteiger partial charge in [0.05, 0.1) is 5.92 Å². The number of carbonyl (C=O) groups excluding carboxylic acids is 1. The Bertz CT molecular complexity index is 748. The lowest BCUT2D eigenvalue weighted by atomic mass is 9.97. The molecule has 2 heterocycles. The summed E-state index contributed by atoms with van der Waals surface area (Å²) in [6.45, 7) is 6.34. The van der Waals surface area contributed by atoms with Gasteiger partial charge in [0, 0.05) is 37.6 Å². The van der Waals surface area contributed by atoms with E-state index in [4.69, 9.17) is 0 Å². The van der Waals surface area contributed by atoms with E-state index in [1.165, 1.54) is 12.1 Å². The maximum atomic E-state index is 13.4. The number of carbonyl (C=O) groups is 1. The molecule has 0 aliphatic carbocycles. The predicted molar refractivity (Wildman–Crippen MR) is 100 cm³/mol. The summed E-state index contributed by atoms with van der Waals surface area (Å²) >= 11 is 0. The number of amides is 1. The number of hydrogen-bond donors (Lipinski definition) is 1. The highest BCUT2D eigenvalue weighted by molar-refractivity contribution is 5.79. The van der Waals surface area contributed by atoms with Crippen molar-refractivity contribution in [2.24, 2.45) is 11.8 Å². The van der Waals surface area contributed by atoms with E-state index in [2.05, 4.69) is 34.0 Å². The average Bonchev–Trinajstić information content (AvgIpc) is 2.66. The molecule has 5 nitrogen and oxygen atoms in total. The van der Waals surface area contributed by atoms with Crippen LogP contribution in [-0.2, 0) is 4.79 Å². The van der Waals surface area contributed by atoms with E-state index < -0.39 is 0 Å². The van der Waals surface area contributed by atoms with Crippen LogP contribution < -0.4 is 10.2 Å². The van der Waals surface area contributed by atoms with Crippen molar-refractivity contribution in [3.8, 4) is 11.1 Å². The van der Waals surface area contributed by atoms with Gasteiger partial charge >= 0.3 is 0 Å². The smallest absolute Gasteiger partial charge is 0.225 e. The molecule has 3 rings (SSSR count). The van der Waals surface area contributed by atoms with E-state index in [0.29, 0.717) is 25.0 Å². The normalized spacial score (nSPS) is 17.4. The highest BCUT2D eigenvalue weighted by Gasteiger charge is 2.27. The molecular weight excluding hydrogens is 331 g/mol. The number of nitrogens with zero attached hydrogens (tertiary/aromatic N) is 3. The molecule has 2 aromatic rings. The largest absolute Gasteiger partial charge is 0.356 e. The van der Waals surface area contributed by atoms with Crippen molar-refractivity contribution in [2.75, 3.05) is 24.5 Å². The Labute approximate surface area is 153 Å². The quantitative estimate of drug-likeness (QED) is 0.893. The van der Waals surface area contributed by atoms with E-state index in [1.54, 1.807) is 18.5 Å². The summed E-state index contributed by atoms with van der Waals surface area (Å²) in [5.74, 6) is 0.857. The number of aromatic nitrogens is 2. The number of piperidine rings is 1. The van der Waals surface area contributed by atoms with Gasteiger partial charge in [0.1, 0.15) is 5.82 Å². The third-order valence-corrected chi connectivity index (χ3v) is 4.56. The van der Waals surface area contributed by atoms with Crippen molar-refractivity contribution < 1.29 is 9.18 Å². The fourth-order valence-electron chi connectivity index (χ4n) is 3.12. The van der Waals surface area contributed by atoms with Crippen LogP contribution in [0.3, 0.4) is 0 Å². The van der Waals surface area contributed by atoms with E-state index in [1.807, 2.05) is 6.07 Å². The zero-order valence-corrected chi connectivity index (χ0v) is 15.3. The molecule has 26 heavy (non-hydrogen) atoms. The zero-order valence-electron chi connectivity index (χ0n) is 15.3. The summed E-state index contributed by atoms with van der Waals surface area (Å²) in [6, 6.07) is 6.38. The Morgan fingerprint density at radius 1 is 1.31 bits per heavy atom. The van der Waals surface area contributed by atoms with Crippen molar-refractivity contribution in [1.82, 2.24) is 15.3 Å². The molecule has 1 aliphatic heterocycles. The Morgan fingerprint density at radius 2 is 2.08 bits per heavy atom. The minimum atomic E-state index is -0.280. The molecule has 0 unspecified atom stereocenters. The van der Waals surface area contributed by atoms with Crippen molar-refractivity contribution >= 4 is 11.9 Å². The molecule has 1 N–H and O–H groups in total. The summed E-state index contributed by atoms with van der Waals surface area (Å²) in [5, 5.41) is 3.02. The lowest BCUT2D eigenvalue weighted by Gasteiger charge is -2.32. The number of nitrogens with one attached hydrogen (secondary N) is 1. The van der Waals surface area contributed by atoms with Crippen LogP contribution in [-0.4, -0.2) is 35.5 Å². The molecule has 1 amide bonds. The maximum Gasteiger partial charge on any atom is 0.225 e. The number of hydrogen-bond acceptors (Lipinski definition) is 4. The molecule has 1 fully saturated rings. The average molecular weight is 356 g/mol. The van der Waals surface area contributed by atoms with Crippen LogP contribution in [0.1, 0.15) is 26.7 Å². The molecule has 1 aromatic heterocycles. The molecule has 1 atom stereocenters. The summed E-state index contributed by atoms with van der Waals surface area (Å²) < 4.78 is 13.4. The van der Waals surface area contributed by atoms with Gasteiger partial charge in [0.2, 0.25) is 11.9 Å². The lowest BCUT2D eigenvalue weighted by Crippen LogP contribution is -2.44. The van der Waals surface area contributed by atoms with Crippen molar-refractivity contribution in [1.29, 1.82) is 0 Å². The van der Waals surface area contributed by atoms with Crippen LogP contribution in [0.25, 0.3) is 11.1 Å². The standard InChI is InChI=1S/C20H25FN4O/c1-14(2)10-22-19(26)16-6-4-8-25(13-16)20-23-11-17(12-24-20)15-5-3-7-18(21)9-15/h3,5,7,9,11-12,14,16H,4,6,8,10,13H2,1-2H3,(H,22,26)/t16-/m1/s1. The Hall–Kier alpha value is -2.50. The molecule has 1 aliphatic rings. The van der Waals surface area contributed by atoms with Crippen molar-refractivity contribution in [2.45, 2.75) is 26.7 Å². The Balaban J connectivity index is 1.66. The molecule has 0 spiro atoms. The summed E-state index contributed by atoms with van der Waals surface area (Å²) in [6.07, 6.45) is 5.25. The Kier molecular flexibility index (Phi) is 5.81. The molecule has 6 heteroatoms. The summed E-state index contributed by atoms with van der Waals surface area (Å²) in [4.78, 5) is 23.3. The van der Waals surface area contributed by atoms with Crippen molar-refractivity contribution in [3.63, 3.8) is 0 Å². The molecule has 0 saturated carbocycles. The maximum absolute atomic E-state index is 13.4. The van der Waals surface area contributed by atoms with Gasteiger partial charge in [0.25, 0.3) is 0 Å². The minimum absolute atomic E-state index is 0.0333. The molecule has 0 radical (unpaired) electrons. The first-order valence-corrected chi connectivity index (χ1v) is 9.13. The third-order valence-electron chi connectivity index (χ3n) is 4.56. The minimum Gasteiger partial charge on any atom is -0.356 e. The fraction of sp³-hybridized carbons (Fsp3) is 0.450. The third kappa shape index (κ3) is 4.56. The fourth-order valence-corrected chi connectivity index (χ4v) is 3.12. The van der Waals surface area contributed by atoms with Crippen LogP contribution in [0.15, 0.2) is 36.7 Å². The second-order valence-electron chi connectivity index (χ2n) is 7.21. The molecular formula is C20H25FN4O. The highest BCUT2D eigenvalue weighted by atomic mass is 19.1. The molecule has 1 aromatic carbocycles. The molecule has 0 bridgehead atoms. The SMILES string of the molecule is CC(C)CNC(=O)[C@@H]1CCCN(c2ncc(-c3cccc(F)c3)cn2)C1. The lowest BCUT2D eigenvalue weighted by molar-refractivity contribution is -0.125. The summed E-state index contributed by atoms with van der Waals surface area (Å²) in [5.41, 5.74) is 1.53. The van der Waals surface area contributed by atoms with Crippen LogP contribution >= 0.6 is 0 Å². The first-order valence-electron chi connectivity index (χ1n) is 9.13. The second-order valence-corrected chi connectivity index (χ2v) is 7.21. The van der Waals surface area contributed by atoms with Gasteiger partial charge in [-0.2, -0.15) is 0 Å². The van der Waals surface area contributed by atoms with Gasteiger partial charge in [-0.3, -0.25) is 4.79 Å². The highest BCUT2D eigenvalue weighted by Crippen LogP contribution is 2.23. The van der Waals surface area contributed by atoms with E-state index in [9.17, 15) is 9.18 Å². The van der Waals surface area contributed by atoms with Crippen LogP contribution in [0.4, 0.5) is 10.3 Å². The van der Waals surface area contributed by atoms with Crippen LogP contribution in [0.2, 0.25) is 0 Å². The first kappa shape index (κ1) is 18.3. The Morgan fingerprint density at radius 3 is 2.77 bits per heavy atom. The monoisotopic (exact) mass is 356 g/mol. The van der Waals surface area contributed by atoms with Gasteiger partial charge in [-0.1, -0.05) is 26.0 Å². The van der Waals surface area contributed by atoms with Gasteiger partial charge in [0.15, 0.2) is 0 Å². The van der Waals surface area contributed by atoms with Gasteiger partial charge in [-0.15, -0.1) is 0 Å². The van der Waals surface area contributed by atoms with Crippen LogP contribution in [0.5, 0.6) is 0 Å². The van der Waals surface area contributed by atoms with Crippen LogP contribution in [0, 0.1) is 17.7 Å². The van der Waals surface area contributed by atoms with Gasteiger partial charge in [-0.05, 0) is 36.5 Å². The van der Waals surface area contributed by atoms with E-state index in [0.717, 1.165) is 30.5 Å². The van der Waals surface area contributed by atoms with Gasteiger partial charge < -0.3 is 10.2 Å². The number of rotatable bonds is 5. The molecule has 1 saturated heterocycles. The number of anilines is 1. The first-order chi connectivity index (χ1) is 12.5. The zero-order chi connectivity index (χ0) is 18.5. The second kappa shape index (κ2) is 8.25. The topological polar surface area (TPSA) is 58.1 Å². The number of halogens is 1. The molecule has 138 valence electrons. The van der Waals surface area contributed by atoms with Gasteiger partial charge in [-0.25, -0.2) is 14.4 Å². The van der Waals surface area contributed by atoms with E-state index in [-0.39, 0.29) is 17.6 Å². The number of benzene rings is 1. The summed E-state index contributed by atoms with van der Waals surface area (Å²) in [7, 11) is 0. The predicted octanol–water partition coefficient (Wildman–Crippen LogP) is 3.27. The van der Waals surface area contributed by atoms with E-state index >= 15 is 0 Å².